The lowest BCUT2D eigenvalue weighted by Gasteiger charge is -1.99. The zero-order valence-corrected chi connectivity index (χ0v) is 9.27. The number of aryl methyl sites for hydroxylation is 1. The van der Waals surface area contributed by atoms with Gasteiger partial charge in [-0.15, -0.1) is 0 Å². The van der Waals surface area contributed by atoms with Crippen LogP contribution in [0.1, 0.15) is 17.3 Å². The van der Waals surface area contributed by atoms with E-state index in [1.165, 1.54) is 0 Å². The number of hydrogen-bond donors (Lipinski definition) is 2. The Morgan fingerprint density at radius 2 is 2.24 bits per heavy atom. The SMILES string of the molecule is Cc1ccc(Cc2nc(N)c3[nH]cnc3n2)o1. The van der Waals surface area contributed by atoms with Gasteiger partial charge >= 0.3 is 0 Å². The molecule has 0 aliphatic rings. The van der Waals surface area contributed by atoms with E-state index >= 15 is 0 Å². The fraction of sp³-hybridized carbons (Fsp3) is 0.182. The summed E-state index contributed by atoms with van der Waals surface area (Å²) < 4.78 is 5.47. The minimum atomic E-state index is 0.408. The summed E-state index contributed by atoms with van der Waals surface area (Å²) >= 11 is 0. The van der Waals surface area contributed by atoms with Crippen molar-refractivity contribution in [2.24, 2.45) is 0 Å². The van der Waals surface area contributed by atoms with Crippen LogP contribution in [0.15, 0.2) is 22.9 Å². The van der Waals surface area contributed by atoms with E-state index in [4.69, 9.17) is 10.2 Å². The van der Waals surface area contributed by atoms with E-state index < -0.39 is 0 Å². The Morgan fingerprint density at radius 3 is 3.00 bits per heavy atom. The van der Waals surface area contributed by atoms with E-state index in [1.807, 2.05) is 19.1 Å². The van der Waals surface area contributed by atoms with Gasteiger partial charge < -0.3 is 15.1 Å². The molecule has 0 bridgehead atoms. The summed E-state index contributed by atoms with van der Waals surface area (Å²) in [4.78, 5) is 15.5. The molecular formula is C11H11N5O. The summed E-state index contributed by atoms with van der Waals surface area (Å²) in [5.74, 6) is 2.70. The maximum Gasteiger partial charge on any atom is 0.183 e. The molecule has 0 amide bonds. The monoisotopic (exact) mass is 229 g/mol. The average molecular weight is 229 g/mol. The number of anilines is 1. The molecule has 86 valence electrons. The molecule has 3 aromatic rings. The van der Waals surface area contributed by atoms with E-state index in [1.54, 1.807) is 6.33 Å². The molecule has 0 aliphatic carbocycles. The zero-order chi connectivity index (χ0) is 11.8. The van der Waals surface area contributed by atoms with Crippen LogP contribution in [0.5, 0.6) is 0 Å². The quantitative estimate of drug-likeness (QED) is 0.693. The standard InChI is InChI=1S/C11H11N5O/c1-6-2-3-7(17-6)4-8-15-10(12)9-11(16-8)14-5-13-9/h2-3,5H,4H2,1H3,(H3,12,13,14,15,16). The van der Waals surface area contributed by atoms with Crippen LogP contribution in [0.3, 0.4) is 0 Å². The number of nitrogens with zero attached hydrogens (tertiary/aromatic N) is 3. The van der Waals surface area contributed by atoms with E-state index in [9.17, 15) is 0 Å². The van der Waals surface area contributed by atoms with Gasteiger partial charge in [-0.1, -0.05) is 0 Å². The Hall–Kier alpha value is -2.37. The van der Waals surface area contributed by atoms with Gasteiger partial charge in [0.05, 0.1) is 12.7 Å². The predicted octanol–water partition coefficient (Wildman–Crippen LogP) is 1.43. The molecule has 0 aromatic carbocycles. The third kappa shape index (κ3) is 1.73. The molecule has 0 spiro atoms. The number of hydrogen-bond acceptors (Lipinski definition) is 5. The summed E-state index contributed by atoms with van der Waals surface area (Å²) in [6.07, 6.45) is 2.07. The van der Waals surface area contributed by atoms with Crippen LogP contribution in [0.25, 0.3) is 11.2 Å². The first-order chi connectivity index (χ1) is 8.22. The van der Waals surface area contributed by atoms with Crippen LogP contribution >= 0.6 is 0 Å². The first-order valence-corrected chi connectivity index (χ1v) is 5.23. The molecular weight excluding hydrogens is 218 g/mol. The lowest BCUT2D eigenvalue weighted by atomic mass is 10.3. The highest BCUT2D eigenvalue weighted by molar-refractivity contribution is 5.80. The molecule has 0 aliphatic heterocycles. The first kappa shape index (κ1) is 9.83. The second-order valence-electron chi connectivity index (χ2n) is 3.82. The normalized spacial score (nSPS) is 11.1. The number of nitrogen functional groups attached to an aromatic ring is 1. The molecule has 3 N–H and O–H groups in total. The van der Waals surface area contributed by atoms with E-state index in [0.717, 1.165) is 11.5 Å². The minimum absolute atomic E-state index is 0.408. The van der Waals surface area contributed by atoms with Crippen molar-refractivity contribution >= 4 is 17.0 Å². The van der Waals surface area contributed by atoms with Crippen molar-refractivity contribution in [1.82, 2.24) is 19.9 Å². The highest BCUT2D eigenvalue weighted by Gasteiger charge is 2.09. The van der Waals surface area contributed by atoms with Gasteiger partial charge in [-0.2, -0.15) is 0 Å². The molecule has 6 heteroatoms. The number of aromatic nitrogens is 4. The summed E-state index contributed by atoms with van der Waals surface area (Å²) in [5.41, 5.74) is 7.06. The number of aromatic amines is 1. The fourth-order valence-electron chi connectivity index (χ4n) is 1.72. The van der Waals surface area contributed by atoms with Gasteiger partial charge in [-0.25, -0.2) is 15.0 Å². The molecule has 0 unspecified atom stereocenters. The van der Waals surface area contributed by atoms with Crippen molar-refractivity contribution in [2.75, 3.05) is 5.73 Å². The average Bonchev–Trinajstić information content (AvgIpc) is 2.87. The number of nitrogens with two attached hydrogens (primary N) is 1. The largest absolute Gasteiger partial charge is 0.466 e. The van der Waals surface area contributed by atoms with Gasteiger partial charge in [0.2, 0.25) is 0 Å². The highest BCUT2D eigenvalue weighted by Crippen LogP contribution is 2.16. The summed E-state index contributed by atoms with van der Waals surface area (Å²) in [7, 11) is 0. The number of furan rings is 1. The number of nitrogens with one attached hydrogen (secondary N) is 1. The van der Waals surface area contributed by atoms with Crippen molar-refractivity contribution in [3.05, 3.63) is 35.8 Å². The first-order valence-electron chi connectivity index (χ1n) is 5.23. The maximum absolute atomic E-state index is 5.81. The Labute approximate surface area is 96.9 Å². The van der Waals surface area contributed by atoms with Gasteiger partial charge in [0.1, 0.15) is 22.9 Å². The van der Waals surface area contributed by atoms with E-state index in [0.29, 0.717) is 29.2 Å². The van der Waals surface area contributed by atoms with Gasteiger partial charge in [0.25, 0.3) is 0 Å². The van der Waals surface area contributed by atoms with Crippen LogP contribution < -0.4 is 5.73 Å². The van der Waals surface area contributed by atoms with Crippen LogP contribution in [0.4, 0.5) is 5.82 Å². The summed E-state index contributed by atoms with van der Waals surface area (Å²) in [5, 5.41) is 0. The van der Waals surface area contributed by atoms with Crippen molar-refractivity contribution in [3.63, 3.8) is 0 Å². The number of fused-ring (bicyclic) bond motifs is 1. The molecule has 3 aromatic heterocycles. The van der Waals surface area contributed by atoms with E-state index in [-0.39, 0.29) is 0 Å². The molecule has 0 radical (unpaired) electrons. The molecule has 3 rings (SSSR count). The van der Waals surface area contributed by atoms with E-state index in [2.05, 4.69) is 19.9 Å². The second kappa shape index (κ2) is 3.58. The Balaban J connectivity index is 2.00. The number of rotatable bonds is 2. The third-order valence-corrected chi connectivity index (χ3v) is 2.49. The van der Waals surface area contributed by atoms with Crippen molar-refractivity contribution in [2.45, 2.75) is 13.3 Å². The highest BCUT2D eigenvalue weighted by atomic mass is 16.3. The van der Waals surface area contributed by atoms with Crippen LogP contribution in [0, 0.1) is 6.92 Å². The molecule has 0 fully saturated rings. The lowest BCUT2D eigenvalue weighted by molar-refractivity contribution is 0.490. The Kier molecular flexibility index (Phi) is 2.07. The van der Waals surface area contributed by atoms with Crippen molar-refractivity contribution in [3.8, 4) is 0 Å². The molecule has 0 atom stereocenters. The van der Waals surface area contributed by atoms with Gasteiger partial charge in [-0.3, -0.25) is 0 Å². The Bertz CT molecular complexity index is 669. The minimum Gasteiger partial charge on any atom is -0.466 e. The molecule has 17 heavy (non-hydrogen) atoms. The predicted molar refractivity (Wildman–Crippen MR) is 62.3 cm³/mol. The van der Waals surface area contributed by atoms with Crippen LogP contribution in [-0.4, -0.2) is 19.9 Å². The van der Waals surface area contributed by atoms with Gasteiger partial charge in [0, 0.05) is 0 Å². The fourth-order valence-corrected chi connectivity index (χ4v) is 1.72. The molecule has 3 heterocycles. The van der Waals surface area contributed by atoms with Crippen LogP contribution in [0.2, 0.25) is 0 Å². The van der Waals surface area contributed by atoms with Gasteiger partial charge in [0.15, 0.2) is 11.5 Å². The summed E-state index contributed by atoms with van der Waals surface area (Å²) in [6.45, 7) is 1.90. The molecule has 0 saturated heterocycles. The maximum atomic E-state index is 5.81. The van der Waals surface area contributed by atoms with Gasteiger partial charge in [-0.05, 0) is 19.1 Å². The van der Waals surface area contributed by atoms with Crippen molar-refractivity contribution in [1.29, 1.82) is 0 Å². The topological polar surface area (TPSA) is 93.6 Å². The Morgan fingerprint density at radius 1 is 1.35 bits per heavy atom. The number of H-pyrrole nitrogens is 1. The lowest BCUT2D eigenvalue weighted by Crippen LogP contribution is -2.01. The number of imidazole rings is 1. The zero-order valence-electron chi connectivity index (χ0n) is 9.27. The second-order valence-corrected chi connectivity index (χ2v) is 3.82. The van der Waals surface area contributed by atoms with Crippen LogP contribution in [-0.2, 0) is 6.42 Å². The summed E-state index contributed by atoms with van der Waals surface area (Å²) in [6, 6.07) is 3.81. The molecule has 6 nitrogen and oxygen atoms in total. The van der Waals surface area contributed by atoms with Crippen molar-refractivity contribution < 1.29 is 4.42 Å². The third-order valence-electron chi connectivity index (χ3n) is 2.49. The smallest absolute Gasteiger partial charge is 0.183 e. The molecule has 0 saturated carbocycles.